The molecule has 0 bridgehead atoms. The van der Waals surface area contributed by atoms with Crippen molar-refractivity contribution in [3.8, 4) is 5.75 Å². The predicted molar refractivity (Wildman–Crippen MR) is 101 cm³/mol. The third kappa shape index (κ3) is 7.55. The standard InChI is InChI=1S/C16H27N3O.HI/c1-5-6-7-10-18-16(17-3)19-12-14-8-9-15(20-4)13(2)11-14;/h8-9,11H,5-7,10,12H2,1-4H3,(H2,17,18,19);1H. The minimum atomic E-state index is 0. The van der Waals surface area contributed by atoms with E-state index in [1.807, 2.05) is 6.07 Å². The summed E-state index contributed by atoms with van der Waals surface area (Å²) in [5.74, 6) is 1.78. The number of halogens is 1. The van der Waals surface area contributed by atoms with Crippen molar-refractivity contribution in [3.05, 3.63) is 29.3 Å². The first kappa shape index (κ1) is 20.0. The van der Waals surface area contributed by atoms with Gasteiger partial charge in [0.05, 0.1) is 7.11 Å². The molecule has 0 unspecified atom stereocenters. The Bertz CT molecular complexity index is 436. The van der Waals surface area contributed by atoms with Gasteiger partial charge in [0.2, 0.25) is 0 Å². The summed E-state index contributed by atoms with van der Waals surface area (Å²) in [6, 6.07) is 6.21. The van der Waals surface area contributed by atoms with Crippen molar-refractivity contribution in [2.45, 2.75) is 39.7 Å². The van der Waals surface area contributed by atoms with E-state index in [1.54, 1.807) is 14.2 Å². The molecule has 21 heavy (non-hydrogen) atoms. The quantitative estimate of drug-likeness (QED) is 0.316. The SMILES string of the molecule is CCCCCNC(=NC)NCc1ccc(OC)c(C)c1.I. The molecule has 0 aliphatic carbocycles. The molecule has 0 aromatic heterocycles. The third-order valence-electron chi connectivity index (χ3n) is 3.22. The molecule has 0 aliphatic rings. The Morgan fingerprint density at radius 3 is 2.57 bits per heavy atom. The molecule has 0 atom stereocenters. The van der Waals surface area contributed by atoms with Crippen LogP contribution < -0.4 is 15.4 Å². The molecule has 120 valence electrons. The van der Waals surface area contributed by atoms with Crippen molar-refractivity contribution < 1.29 is 4.74 Å². The van der Waals surface area contributed by atoms with Gasteiger partial charge in [0, 0.05) is 20.1 Å². The van der Waals surface area contributed by atoms with Crippen molar-refractivity contribution in [2.75, 3.05) is 20.7 Å². The lowest BCUT2D eigenvalue weighted by Crippen LogP contribution is -2.37. The second kappa shape index (κ2) is 11.7. The maximum Gasteiger partial charge on any atom is 0.191 e. The van der Waals surface area contributed by atoms with Crippen LogP contribution in [-0.4, -0.2) is 26.7 Å². The molecule has 4 nitrogen and oxygen atoms in total. The second-order valence-electron chi connectivity index (χ2n) is 4.86. The fourth-order valence-corrected chi connectivity index (χ4v) is 2.04. The minimum absolute atomic E-state index is 0. The van der Waals surface area contributed by atoms with Crippen LogP contribution in [0.15, 0.2) is 23.2 Å². The lowest BCUT2D eigenvalue weighted by molar-refractivity contribution is 0.411. The third-order valence-corrected chi connectivity index (χ3v) is 3.22. The number of methoxy groups -OCH3 is 1. The second-order valence-corrected chi connectivity index (χ2v) is 4.86. The Hall–Kier alpha value is -0.980. The van der Waals surface area contributed by atoms with Crippen LogP contribution in [0.3, 0.4) is 0 Å². The first-order valence-corrected chi connectivity index (χ1v) is 7.29. The van der Waals surface area contributed by atoms with Crippen LogP contribution in [0.2, 0.25) is 0 Å². The van der Waals surface area contributed by atoms with Crippen LogP contribution in [0.25, 0.3) is 0 Å². The summed E-state index contributed by atoms with van der Waals surface area (Å²) in [5, 5.41) is 6.65. The number of nitrogens with one attached hydrogen (secondary N) is 2. The van der Waals surface area contributed by atoms with Gasteiger partial charge in [-0.3, -0.25) is 4.99 Å². The van der Waals surface area contributed by atoms with E-state index in [0.717, 1.165) is 30.4 Å². The van der Waals surface area contributed by atoms with Crippen LogP contribution in [0.5, 0.6) is 5.75 Å². The molecule has 0 radical (unpaired) electrons. The molecule has 0 aliphatic heterocycles. The summed E-state index contributed by atoms with van der Waals surface area (Å²) in [5.41, 5.74) is 2.37. The van der Waals surface area contributed by atoms with E-state index >= 15 is 0 Å². The number of unbranched alkanes of at least 4 members (excludes halogenated alkanes) is 2. The summed E-state index contributed by atoms with van der Waals surface area (Å²) in [6.45, 7) is 5.99. The summed E-state index contributed by atoms with van der Waals surface area (Å²) in [6.07, 6.45) is 3.67. The van der Waals surface area contributed by atoms with E-state index in [4.69, 9.17) is 4.74 Å². The van der Waals surface area contributed by atoms with Crippen molar-refractivity contribution in [1.29, 1.82) is 0 Å². The fourth-order valence-electron chi connectivity index (χ4n) is 2.04. The minimum Gasteiger partial charge on any atom is -0.496 e. The maximum atomic E-state index is 5.27. The van der Waals surface area contributed by atoms with Gasteiger partial charge in [-0.1, -0.05) is 31.9 Å². The van der Waals surface area contributed by atoms with Gasteiger partial charge in [0.15, 0.2) is 5.96 Å². The van der Waals surface area contributed by atoms with Gasteiger partial charge in [0.1, 0.15) is 5.75 Å². The molecule has 0 saturated carbocycles. The molecule has 2 N–H and O–H groups in total. The fraction of sp³-hybridized carbons (Fsp3) is 0.562. The average Bonchev–Trinajstić information content (AvgIpc) is 2.46. The van der Waals surface area contributed by atoms with Crippen molar-refractivity contribution in [2.24, 2.45) is 4.99 Å². The number of benzene rings is 1. The highest BCUT2D eigenvalue weighted by molar-refractivity contribution is 14.0. The first-order valence-electron chi connectivity index (χ1n) is 7.29. The zero-order valence-electron chi connectivity index (χ0n) is 13.5. The smallest absolute Gasteiger partial charge is 0.191 e. The van der Waals surface area contributed by atoms with Gasteiger partial charge in [-0.2, -0.15) is 0 Å². The number of guanidine groups is 1. The molecule has 5 heteroatoms. The largest absolute Gasteiger partial charge is 0.496 e. The highest BCUT2D eigenvalue weighted by atomic mass is 127. The Kier molecular flexibility index (Phi) is 11.1. The van der Waals surface area contributed by atoms with Crippen LogP contribution >= 0.6 is 24.0 Å². The van der Waals surface area contributed by atoms with E-state index in [0.29, 0.717) is 0 Å². The highest BCUT2D eigenvalue weighted by Crippen LogP contribution is 2.18. The highest BCUT2D eigenvalue weighted by Gasteiger charge is 2.01. The van der Waals surface area contributed by atoms with Crippen LogP contribution in [0.4, 0.5) is 0 Å². The van der Waals surface area contributed by atoms with Crippen LogP contribution in [0, 0.1) is 6.92 Å². The van der Waals surface area contributed by atoms with E-state index in [2.05, 4.69) is 41.6 Å². The molecular weight excluding hydrogens is 377 g/mol. The van der Waals surface area contributed by atoms with Gasteiger partial charge in [0.25, 0.3) is 0 Å². The molecule has 0 spiro atoms. The Morgan fingerprint density at radius 1 is 1.24 bits per heavy atom. The van der Waals surface area contributed by atoms with Gasteiger partial charge < -0.3 is 15.4 Å². The molecule has 1 rings (SSSR count). The van der Waals surface area contributed by atoms with Gasteiger partial charge in [-0.25, -0.2) is 0 Å². The lowest BCUT2D eigenvalue weighted by Gasteiger charge is -2.13. The van der Waals surface area contributed by atoms with Crippen LogP contribution in [0.1, 0.15) is 37.3 Å². The molecule has 0 fully saturated rings. The average molecular weight is 405 g/mol. The molecular formula is C16H28IN3O. The van der Waals surface area contributed by atoms with E-state index in [-0.39, 0.29) is 24.0 Å². The molecule has 0 heterocycles. The monoisotopic (exact) mass is 405 g/mol. The molecule has 0 amide bonds. The van der Waals surface area contributed by atoms with Crippen LogP contribution in [-0.2, 0) is 6.54 Å². The van der Waals surface area contributed by atoms with E-state index in [1.165, 1.54) is 24.8 Å². The number of ether oxygens (including phenoxy) is 1. The van der Waals surface area contributed by atoms with E-state index in [9.17, 15) is 0 Å². The van der Waals surface area contributed by atoms with Gasteiger partial charge in [-0.05, 0) is 30.5 Å². The zero-order chi connectivity index (χ0) is 14.8. The Morgan fingerprint density at radius 2 is 2.00 bits per heavy atom. The number of nitrogens with zero attached hydrogens (tertiary/aromatic N) is 1. The lowest BCUT2D eigenvalue weighted by atomic mass is 10.1. The number of hydrogen-bond acceptors (Lipinski definition) is 2. The summed E-state index contributed by atoms with van der Waals surface area (Å²) in [7, 11) is 3.50. The number of aliphatic imine (C=N–C) groups is 1. The normalized spacial score (nSPS) is 10.8. The Labute approximate surface area is 145 Å². The Balaban J connectivity index is 0.00000400. The maximum absolute atomic E-state index is 5.27. The summed E-state index contributed by atoms with van der Waals surface area (Å²) in [4.78, 5) is 4.23. The van der Waals surface area contributed by atoms with Gasteiger partial charge >= 0.3 is 0 Å². The number of hydrogen-bond donors (Lipinski definition) is 2. The number of aryl methyl sites for hydroxylation is 1. The van der Waals surface area contributed by atoms with Crippen molar-refractivity contribution in [1.82, 2.24) is 10.6 Å². The molecule has 1 aromatic carbocycles. The van der Waals surface area contributed by atoms with Gasteiger partial charge in [-0.15, -0.1) is 24.0 Å². The van der Waals surface area contributed by atoms with Crippen molar-refractivity contribution in [3.63, 3.8) is 0 Å². The zero-order valence-corrected chi connectivity index (χ0v) is 15.9. The summed E-state index contributed by atoms with van der Waals surface area (Å²) < 4.78 is 5.27. The molecule has 0 saturated heterocycles. The number of rotatable bonds is 7. The summed E-state index contributed by atoms with van der Waals surface area (Å²) >= 11 is 0. The van der Waals surface area contributed by atoms with E-state index < -0.39 is 0 Å². The van der Waals surface area contributed by atoms with Crippen molar-refractivity contribution >= 4 is 29.9 Å². The molecule has 1 aromatic rings. The first-order chi connectivity index (χ1) is 9.71. The topological polar surface area (TPSA) is 45.7 Å². The predicted octanol–water partition coefficient (Wildman–Crippen LogP) is 3.48.